The number of halogens is 22. The third-order valence-corrected chi connectivity index (χ3v) is 27.3. The zero-order valence-corrected chi connectivity index (χ0v) is 84.4. The Hall–Kier alpha value is -2.56. The van der Waals surface area contributed by atoms with Crippen LogP contribution in [0.1, 0.15) is 89.2 Å². The minimum absolute atomic E-state index is 0. The van der Waals surface area contributed by atoms with Crippen LogP contribution in [0.25, 0.3) is 12.2 Å². The molecule has 10 heterocycles. The van der Waals surface area contributed by atoms with Gasteiger partial charge in [0.15, 0.2) is 39.7 Å². The Balaban J connectivity index is 0.00000148. The molecular weight excluding hydrogens is 2160 g/mol. The third-order valence-electron chi connectivity index (χ3n) is 12.5. The number of pyridine rings is 4. The topological polar surface area (TPSA) is 399 Å². The zero-order valence-electron chi connectivity index (χ0n) is 62.4. The monoisotopic (exact) mass is 2190 g/mol. The minimum atomic E-state index is -4.90. The smallest absolute Gasteiger partial charge is 1.00 e. The van der Waals surface area contributed by atoms with Crippen LogP contribution in [-0.2, 0) is 63.5 Å². The molecule has 2 aliphatic heterocycles. The number of carbonyl (C=O) groups excluding carboxylic acids is 4. The molecule has 644 valence electrons. The molecule has 12 rings (SSSR count). The first-order chi connectivity index (χ1) is 55.4. The number of aromatic nitrogens is 8. The predicted molar refractivity (Wildman–Crippen MR) is 427 cm³/mol. The van der Waals surface area contributed by atoms with E-state index in [1.165, 1.54) is 86.8 Å². The number of anilines is 2. The van der Waals surface area contributed by atoms with E-state index in [4.69, 9.17) is 127 Å². The minimum Gasteiger partial charge on any atom is -1.00 e. The van der Waals surface area contributed by atoms with Gasteiger partial charge in [0.05, 0.1) is 90.9 Å². The average molecular weight is 2200 g/mol. The molecule has 60 heteroatoms. The molecule has 0 radical (unpaired) electrons. The van der Waals surface area contributed by atoms with Gasteiger partial charge in [-0.05, 0) is 77.3 Å². The Morgan fingerprint density at radius 2 is 0.918 bits per heavy atom. The number of rotatable bonds is 14. The van der Waals surface area contributed by atoms with Crippen LogP contribution in [0.5, 0.6) is 0 Å². The average Bonchev–Trinajstić information content (AvgIpc) is 1.59. The molecule has 6 N–H and O–H groups in total. The molecule has 0 aliphatic carbocycles. The molecule has 8 aromatic heterocycles. The number of amides is 1. The number of H-pyrrole nitrogens is 1. The molecule has 0 saturated heterocycles. The molecule has 0 spiro atoms. The number of benzene rings is 2. The number of carbonyl (C=O) groups is 5. The summed E-state index contributed by atoms with van der Waals surface area (Å²) in [4.78, 5) is 83.5. The number of nitrogens with two attached hydrogens (primary N) is 1. The number of fused-ring (bicyclic) bond motifs is 2. The van der Waals surface area contributed by atoms with Crippen molar-refractivity contribution in [1.82, 2.24) is 39.9 Å². The van der Waals surface area contributed by atoms with Crippen molar-refractivity contribution in [3.8, 4) is 0 Å². The van der Waals surface area contributed by atoms with Crippen molar-refractivity contribution in [2.45, 2.75) is 76.0 Å². The molecule has 0 fully saturated rings. The van der Waals surface area contributed by atoms with E-state index < -0.39 is 118 Å². The Kier molecular flexibility index (Phi) is 50.3. The molecule has 1 amide bonds. The summed E-state index contributed by atoms with van der Waals surface area (Å²) in [6.45, 7) is 2.81. The van der Waals surface area contributed by atoms with Gasteiger partial charge in [0.2, 0.25) is 19.7 Å². The van der Waals surface area contributed by atoms with Crippen molar-refractivity contribution in [3.05, 3.63) is 199 Å². The second-order valence-corrected chi connectivity index (χ2v) is 36.6. The van der Waals surface area contributed by atoms with Crippen molar-refractivity contribution < 1.29 is 263 Å². The molecule has 2 aromatic carbocycles. The van der Waals surface area contributed by atoms with Crippen LogP contribution in [0, 0.1) is 4.51 Å². The van der Waals surface area contributed by atoms with Crippen LogP contribution in [0.4, 0.5) is 68.5 Å². The van der Waals surface area contributed by atoms with Crippen molar-refractivity contribution in [1.29, 1.82) is 0 Å². The number of alkyl halides is 13. The summed E-state index contributed by atoms with van der Waals surface area (Å²) in [5, 5.41) is 23.6. The number of nitrogen functional groups attached to an aromatic ring is 1. The van der Waals surface area contributed by atoms with Crippen molar-refractivity contribution in [3.63, 3.8) is 0 Å². The fraction of sp³-hybridized carbons (Fsp3) is 0.145. The Morgan fingerprint density at radius 1 is 0.598 bits per heavy atom. The quantitative estimate of drug-likeness (QED) is 0.0115. The maximum Gasteiger partial charge on any atom is 1.00 e. The number of carboxylic acids is 1. The molecule has 0 saturated carbocycles. The first-order valence-electron chi connectivity index (χ1n) is 30.4. The predicted octanol–water partition coefficient (Wildman–Crippen LogP) is 13.1. The normalized spacial score (nSPS) is 12.2. The SMILES string of the molecule is CCOC(=O)c1sc(Br)nc1C(F)(F)F.CCOC(=O)c1sc(Sc2c(Cl)cncc2Cl)nc1C(F)(F)F.Nc1ccc2c(c1)S(=O)(=O)C=C2.O=C(Nc1ccc2c(c1)S(=O)(=O)C=C2)c1sc(Sc2c(Cl)cncc2Cl)nc1C(F)(F)F.O=C(O)c1sc(Sc2c(Cl)cncc2Cl)nc1C(F)(F)F.O=CO[O-].S=c1c(Cl)c[nH]cc1Cl.[2H]CF.[H-].[K+].[K+].[Na+].[OH-]. The van der Waals surface area contributed by atoms with Gasteiger partial charge in [0.1, 0.15) is 19.5 Å². The van der Waals surface area contributed by atoms with Crippen LogP contribution in [0.15, 0.2) is 138 Å². The molecular formula is C62H39BrCl8F13K2N10NaO15S10. The van der Waals surface area contributed by atoms with Gasteiger partial charge in [0, 0.05) is 71.8 Å². The van der Waals surface area contributed by atoms with E-state index in [2.05, 4.69) is 75.5 Å². The maximum atomic E-state index is 13.5. The van der Waals surface area contributed by atoms with Crippen LogP contribution in [0.3, 0.4) is 0 Å². The molecule has 0 unspecified atom stereocenters. The largest absolute Gasteiger partial charge is 1.00 e. The van der Waals surface area contributed by atoms with Gasteiger partial charge in [-0.2, -0.15) is 52.7 Å². The van der Waals surface area contributed by atoms with Gasteiger partial charge in [-0.25, -0.2) is 51.2 Å². The van der Waals surface area contributed by atoms with Crippen molar-refractivity contribution in [2.75, 3.05) is 31.4 Å². The number of aromatic amines is 1. The van der Waals surface area contributed by atoms with Gasteiger partial charge < -0.3 is 47.7 Å². The standard InChI is InChI=1S/C18H8Cl2F3N3O3S3.C12H7Cl2F3N2O2S2.C10H3Cl2F3N2O2S2.C8H7NO2S.C7H5BrF3NO2S.C5H3Cl2NS.CH3F.CH2O3.2K.Na.H2O.H/c19-10-6-24-7-11(20)13(10)30-17-26-15(18(21,22)23)14(31-17)16(27)25-9-2-1-8-3-4-32(28,29)12(8)5-9;1-2-21-10(20)8-9(12(15,16)17)19-11(23-8)22-7-5(13)3-18-4-6(7)14;11-3-1-16-2-4(12)5(3)20-9-17-7(10(13,14)15)6(21-9)8(18)19;9-7-2-1-6-3-4-12(10,11)8(6)5-7;1-2-14-5(13)3-4(7(9,10)11)12-6(8)15-3;6-3-1-8-2-4(7)5(3)9;1-2;2-1-4-3;;;;;/h1-7H,(H,25,27);3-4H,2H2,1H3;1-2H,(H,18,19);1-5H,9H2;2H2,1H3;1-2H,(H,8,9);1H3;1,3H;;;;1H2;/q;;;;;;;;3*+1;;-1/p-2/i;;;;;;1D;;;;;;. The van der Waals surface area contributed by atoms with Gasteiger partial charge in [0.25, 0.3) is 12.4 Å². The molecule has 0 bridgehead atoms. The van der Waals surface area contributed by atoms with E-state index in [-0.39, 0.29) is 226 Å². The fourth-order valence-electron chi connectivity index (χ4n) is 7.84. The van der Waals surface area contributed by atoms with Crippen LogP contribution >= 0.6 is 202 Å². The van der Waals surface area contributed by atoms with Crippen LogP contribution in [0.2, 0.25) is 40.2 Å². The maximum absolute atomic E-state index is 13.5. The number of nitrogens with one attached hydrogen (secondary N) is 2. The van der Waals surface area contributed by atoms with Crippen molar-refractivity contribution >= 4 is 275 Å². The number of thiazole rings is 4. The van der Waals surface area contributed by atoms with Gasteiger partial charge in [-0.3, -0.25) is 28.9 Å². The second-order valence-electron chi connectivity index (χ2n) is 20.3. The van der Waals surface area contributed by atoms with E-state index in [0.717, 1.165) is 40.7 Å². The summed E-state index contributed by atoms with van der Waals surface area (Å²) in [7, 11) is -7.84. The van der Waals surface area contributed by atoms with E-state index in [9.17, 15) is 93.1 Å². The summed E-state index contributed by atoms with van der Waals surface area (Å²) in [5.41, 5.74) is 1.77. The summed E-state index contributed by atoms with van der Waals surface area (Å²) >= 11 is 58.8. The van der Waals surface area contributed by atoms with Gasteiger partial charge >= 0.3 is 175 Å². The van der Waals surface area contributed by atoms with E-state index in [1.54, 1.807) is 30.6 Å². The van der Waals surface area contributed by atoms with Crippen LogP contribution in [-0.4, -0.2) is 118 Å². The fourth-order valence-corrected chi connectivity index (χ4v) is 19.9. The van der Waals surface area contributed by atoms with Gasteiger partial charge in [-0.1, -0.05) is 186 Å². The first kappa shape index (κ1) is 116. The third kappa shape index (κ3) is 34.6. The number of ether oxygens (including phenoxy) is 2. The Labute approximate surface area is 871 Å². The molecule has 25 nitrogen and oxygen atoms in total. The summed E-state index contributed by atoms with van der Waals surface area (Å²) in [5.74, 6) is -4.86. The first-order valence-corrected chi connectivity index (χ1v) is 42.7. The summed E-state index contributed by atoms with van der Waals surface area (Å²) in [6.07, 6.45) is -5.33. The van der Waals surface area contributed by atoms with E-state index in [1.807, 2.05) is 0 Å². The second kappa shape index (κ2) is 53.1. The van der Waals surface area contributed by atoms with Gasteiger partial charge in [-0.15, -0.1) is 11.3 Å². The Morgan fingerprint density at radius 3 is 1.25 bits per heavy atom. The summed E-state index contributed by atoms with van der Waals surface area (Å²) in [6, 6.07) is 8.88. The molecule has 0 atom stereocenters. The van der Waals surface area contributed by atoms with E-state index >= 15 is 0 Å². The Bertz CT molecular complexity index is 5670. The summed E-state index contributed by atoms with van der Waals surface area (Å²) < 4.78 is 226. The molecule has 2 aliphatic rings. The van der Waals surface area contributed by atoms with Crippen LogP contribution < -0.4 is 149 Å². The molecule has 10 aromatic rings. The number of esters is 2. The number of hydrogen-bond acceptors (Lipinski definition) is 30. The zero-order chi connectivity index (χ0) is 89.6. The van der Waals surface area contributed by atoms with E-state index in [0.29, 0.717) is 86.5 Å². The number of nitrogens with zero attached hydrogens (tertiary/aromatic N) is 7. The number of aromatic carboxylic acids is 1. The molecule has 122 heavy (non-hydrogen) atoms. The number of hydrogen-bond donors (Lipinski definition) is 4. The number of carboxylic acid groups (broad SMARTS) is 1. The number of sulfone groups is 2. The van der Waals surface area contributed by atoms with Crippen molar-refractivity contribution in [2.24, 2.45) is 0 Å².